The SMILES string of the molecule is O=C(O)CCc1cn(S(=O)(=O)c2ccc(-c3ccncc3)s2)c2ccc(Cl)cc12. The highest BCUT2D eigenvalue weighted by Crippen LogP contribution is 2.34. The van der Waals surface area contributed by atoms with Crippen LogP contribution in [0.15, 0.2) is 65.3 Å². The third kappa shape index (κ3) is 3.78. The van der Waals surface area contributed by atoms with E-state index < -0.39 is 16.0 Å². The Kier molecular flexibility index (Phi) is 5.16. The number of thiophene rings is 1. The van der Waals surface area contributed by atoms with Gasteiger partial charge in [-0.25, -0.2) is 3.97 Å². The Bertz CT molecular complexity index is 1310. The van der Waals surface area contributed by atoms with Crippen LogP contribution >= 0.6 is 22.9 Å². The van der Waals surface area contributed by atoms with Crippen molar-refractivity contribution in [2.45, 2.75) is 17.1 Å². The minimum Gasteiger partial charge on any atom is -0.481 e. The second-order valence-electron chi connectivity index (χ2n) is 6.36. The fourth-order valence-electron chi connectivity index (χ4n) is 3.10. The number of benzene rings is 1. The molecule has 148 valence electrons. The molecule has 9 heteroatoms. The third-order valence-corrected chi connectivity index (χ3v) is 7.99. The highest BCUT2D eigenvalue weighted by atomic mass is 35.5. The highest BCUT2D eigenvalue weighted by molar-refractivity contribution is 7.92. The van der Waals surface area contributed by atoms with Crippen molar-refractivity contribution in [3.8, 4) is 10.4 Å². The molecule has 0 saturated carbocycles. The van der Waals surface area contributed by atoms with Crippen LogP contribution < -0.4 is 0 Å². The van der Waals surface area contributed by atoms with Gasteiger partial charge in [0.1, 0.15) is 4.21 Å². The van der Waals surface area contributed by atoms with Gasteiger partial charge in [-0.2, -0.15) is 8.42 Å². The second kappa shape index (κ2) is 7.62. The van der Waals surface area contributed by atoms with Gasteiger partial charge in [-0.15, -0.1) is 11.3 Å². The van der Waals surface area contributed by atoms with Gasteiger partial charge in [-0.3, -0.25) is 9.78 Å². The minimum atomic E-state index is -3.85. The number of carboxylic acids is 1. The largest absolute Gasteiger partial charge is 0.481 e. The van der Waals surface area contributed by atoms with E-state index in [0.717, 1.165) is 10.4 Å². The zero-order chi connectivity index (χ0) is 20.6. The van der Waals surface area contributed by atoms with Crippen LogP contribution in [0.1, 0.15) is 12.0 Å². The number of hydrogen-bond donors (Lipinski definition) is 1. The number of hydrogen-bond acceptors (Lipinski definition) is 5. The van der Waals surface area contributed by atoms with E-state index in [1.165, 1.54) is 21.5 Å². The average molecular weight is 447 g/mol. The van der Waals surface area contributed by atoms with Gasteiger partial charge >= 0.3 is 5.97 Å². The van der Waals surface area contributed by atoms with Gasteiger partial charge < -0.3 is 5.11 Å². The van der Waals surface area contributed by atoms with E-state index >= 15 is 0 Å². The Hall–Kier alpha value is -2.68. The quantitative estimate of drug-likeness (QED) is 0.464. The molecular formula is C20H15ClN2O4S2. The van der Waals surface area contributed by atoms with Crippen molar-refractivity contribution < 1.29 is 18.3 Å². The number of pyridine rings is 1. The molecule has 1 N–H and O–H groups in total. The van der Waals surface area contributed by atoms with Crippen molar-refractivity contribution in [1.29, 1.82) is 0 Å². The lowest BCUT2D eigenvalue weighted by atomic mass is 10.1. The third-order valence-electron chi connectivity index (χ3n) is 4.48. The Balaban J connectivity index is 1.81. The van der Waals surface area contributed by atoms with Crippen LogP contribution in [0, 0.1) is 0 Å². The van der Waals surface area contributed by atoms with E-state index in [1.807, 2.05) is 12.1 Å². The number of aryl methyl sites for hydroxylation is 1. The predicted molar refractivity (Wildman–Crippen MR) is 113 cm³/mol. The smallest absolute Gasteiger partial charge is 0.303 e. The van der Waals surface area contributed by atoms with Crippen LogP contribution in [0.5, 0.6) is 0 Å². The summed E-state index contributed by atoms with van der Waals surface area (Å²) in [5.41, 5.74) is 1.98. The number of nitrogens with zero attached hydrogens (tertiary/aromatic N) is 2. The van der Waals surface area contributed by atoms with Crippen LogP contribution in [-0.2, 0) is 21.2 Å². The highest BCUT2D eigenvalue weighted by Gasteiger charge is 2.23. The lowest BCUT2D eigenvalue weighted by Gasteiger charge is -2.05. The molecule has 29 heavy (non-hydrogen) atoms. The molecule has 0 spiro atoms. The molecule has 3 heterocycles. The van der Waals surface area contributed by atoms with Gasteiger partial charge in [0.05, 0.1) is 5.52 Å². The number of halogens is 1. The van der Waals surface area contributed by atoms with Crippen molar-refractivity contribution in [3.63, 3.8) is 0 Å². The van der Waals surface area contributed by atoms with Crippen LogP contribution in [-0.4, -0.2) is 28.5 Å². The summed E-state index contributed by atoms with van der Waals surface area (Å²) in [7, 11) is -3.85. The first kappa shape index (κ1) is 19.6. The molecular weight excluding hydrogens is 432 g/mol. The predicted octanol–water partition coefficient (Wildman–Crippen LogP) is 4.67. The summed E-state index contributed by atoms with van der Waals surface area (Å²) in [6.45, 7) is 0. The molecule has 0 saturated heterocycles. The Labute approximate surface area is 176 Å². The van der Waals surface area contributed by atoms with Crippen LogP contribution in [0.3, 0.4) is 0 Å². The lowest BCUT2D eigenvalue weighted by Crippen LogP contribution is -2.10. The maximum Gasteiger partial charge on any atom is 0.303 e. The Morgan fingerprint density at radius 3 is 2.62 bits per heavy atom. The summed E-state index contributed by atoms with van der Waals surface area (Å²) >= 11 is 7.26. The summed E-state index contributed by atoms with van der Waals surface area (Å²) in [5.74, 6) is -0.948. The fourth-order valence-corrected chi connectivity index (χ4v) is 6.07. The number of carboxylic acid groups (broad SMARTS) is 1. The van der Waals surface area contributed by atoms with Crippen LogP contribution in [0.4, 0.5) is 0 Å². The molecule has 0 aliphatic heterocycles. The minimum absolute atomic E-state index is 0.100. The van der Waals surface area contributed by atoms with E-state index in [4.69, 9.17) is 16.7 Å². The molecule has 0 unspecified atom stereocenters. The molecule has 3 aromatic heterocycles. The topological polar surface area (TPSA) is 89.3 Å². The van der Waals surface area contributed by atoms with Crippen molar-refractivity contribution in [2.75, 3.05) is 0 Å². The van der Waals surface area contributed by atoms with Crippen molar-refractivity contribution in [1.82, 2.24) is 8.96 Å². The summed E-state index contributed by atoms with van der Waals surface area (Å²) < 4.78 is 28.1. The molecule has 0 amide bonds. The van der Waals surface area contributed by atoms with Crippen molar-refractivity contribution >= 4 is 49.8 Å². The summed E-state index contributed by atoms with van der Waals surface area (Å²) in [6, 6.07) is 11.9. The van der Waals surface area contributed by atoms with Gasteiger partial charge in [0.2, 0.25) is 0 Å². The van der Waals surface area contributed by atoms with Gasteiger partial charge in [-0.05, 0) is 60.0 Å². The number of fused-ring (bicyclic) bond motifs is 1. The average Bonchev–Trinajstić information content (AvgIpc) is 3.33. The van der Waals surface area contributed by atoms with Crippen LogP contribution in [0.25, 0.3) is 21.3 Å². The molecule has 0 fully saturated rings. The summed E-state index contributed by atoms with van der Waals surface area (Å²) in [6.07, 6.45) is 4.91. The standard InChI is InChI=1S/C20H15ClN2O4S2/c21-15-2-3-17-16(11-15)14(1-5-19(24)25)12-23(17)29(26,27)20-6-4-18(28-20)13-7-9-22-10-8-13/h2-4,6-12H,1,5H2,(H,24,25). The Morgan fingerprint density at radius 1 is 1.14 bits per heavy atom. The zero-order valence-corrected chi connectivity index (χ0v) is 17.3. The van der Waals surface area contributed by atoms with Crippen LogP contribution in [0.2, 0.25) is 5.02 Å². The molecule has 0 radical (unpaired) electrons. The normalized spacial score (nSPS) is 11.8. The molecule has 4 aromatic rings. The number of aliphatic carboxylic acids is 1. The molecule has 0 aliphatic rings. The van der Waals surface area contributed by atoms with Gasteiger partial charge in [0, 0.05) is 40.3 Å². The Morgan fingerprint density at radius 2 is 1.90 bits per heavy atom. The fraction of sp³-hybridized carbons (Fsp3) is 0.100. The lowest BCUT2D eigenvalue weighted by molar-refractivity contribution is -0.136. The number of rotatable bonds is 6. The van der Waals surface area contributed by atoms with E-state index in [-0.39, 0.29) is 17.1 Å². The zero-order valence-electron chi connectivity index (χ0n) is 14.9. The maximum atomic E-state index is 13.3. The first-order valence-corrected chi connectivity index (χ1v) is 11.3. The van der Waals surface area contributed by atoms with Crippen molar-refractivity contribution in [3.05, 3.63) is 71.6 Å². The number of aromatic nitrogens is 2. The monoisotopic (exact) mass is 446 g/mol. The van der Waals surface area contributed by atoms with E-state index in [0.29, 0.717) is 21.5 Å². The van der Waals surface area contributed by atoms with E-state index in [2.05, 4.69) is 4.98 Å². The second-order valence-corrected chi connectivity index (χ2v) is 9.93. The van der Waals surface area contributed by atoms with E-state index in [1.54, 1.807) is 42.7 Å². The molecule has 1 aromatic carbocycles. The number of carbonyl (C=O) groups is 1. The van der Waals surface area contributed by atoms with Crippen molar-refractivity contribution in [2.24, 2.45) is 0 Å². The molecule has 6 nitrogen and oxygen atoms in total. The molecule has 4 rings (SSSR count). The molecule has 0 atom stereocenters. The first-order chi connectivity index (χ1) is 13.9. The molecule has 0 bridgehead atoms. The van der Waals surface area contributed by atoms with E-state index in [9.17, 15) is 13.2 Å². The maximum absolute atomic E-state index is 13.3. The molecule has 0 aliphatic carbocycles. The first-order valence-electron chi connectivity index (χ1n) is 8.63. The van der Waals surface area contributed by atoms with Gasteiger partial charge in [-0.1, -0.05) is 11.6 Å². The summed E-state index contributed by atoms with van der Waals surface area (Å²) in [5, 5.41) is 10.1. The summed E-state index contributed by atoms with van der Waals surface area (Å²) in [4.78, 5) is 15.8. The van der Waals surface area contributed by atoms with Gasteiger partial charge in [0.25, 0.3) is 10.0 Å². The van der Waals surface area contributed by atoms with Gasteiger partial charge in [0.15, 0.2) is 0 Å².